The number of hydrogen-bond acceptors (Lipinski definition) is 4. The lowest BCUT2D eigenvalue weighted by Crippen LogP contribution is -2.20. The smallest absolute Gasteiger partial charge is 0.410 e. The van der Waals surface area contributed by atoms with Crippen molar-refractivity contribution in [2.45, 2.75) is 6.54 Å². The lowest BCUT2D eigenvalue weighted by atomic mass is 10.2. The Bertz CT molecular complexity index is 1340. The number of ether oxygens (including phenoxy) is 1. The van der Waals surface area contributed by atoms with Crippen LogP contribution in [0.2, 0.25) is 5.02 Å². The molecule has 0 fully saturated rings. The molecule has 2 heterocycles. The zero-order valence-electron chi connectivity index (χ0n) is 17.5. The number of halogens is 1. The van der Waals surface area contributed by atoms with E-state index in [4.69, 9.17) is 21.4 Å². The summed E-state index contributed by atoms with van der Waals surface area (Å²) in [5.41, 5.74) is 2.86. The highest BCUT2D eigenvalue weighted by molar-refractivity contribution is 6.31. The lowest BCUT2D eigenvalue weighted by Gasteiger charge is -2.12. The third-order valence-electron chi connectivity index (χ3n) is 4.88. The zero-order chi connectivity index (χ0) is 23.4. The van der Waals surface area contributed by atoms with E-state index in [1.165, 1.54) is 7.11 Å². The molecule has 0 aliphatic carbocycles. The van der Waals surface area contributed by atoms with Crippen molar-refractivity contribution in [1.82, 2.24) is 9.55 Å². The van der Waals surface area contributed by atoms with Crippen molar-refractivity contribution < 1.29 is 19.4 Å². The van der Waals surface area contributed by atoms with Gasteiger partial charge in [0, 0.05) is 29.3 Å². The Balaban J connectivity index is 1.54. The average molecular weight is 466 g/mol. The summed E-state index contributed by atoms with van der Waals surface area (Å²) in [6.07, 6.45) is 2.28. The average Bonchev–Trinajstić information content (AvgIpc) is 3.17. The number of urea groups is 1. The fourth-order valence-electron chi connectivity index (χ4n) is 3.47. The van der Waals surface area contributed by atoms with Gasteiger partial charge in [-0.15, -0.1) is 0 Å². The summed E-state index contributed by atoms with van der Waals surface area (Å²) in [6, 6.07) is 15.5. The van der Waals surface area contributed by atoms with Crippen LogP contribution >= 0.6 is 11.6 Å². The minimum absolute atomic E-state index is 0.256. The van der Waals surface area contributed by atoms with Crippen LogP contribution in [-0.2, 0) is 6.54 Å². The first kappa shape index (κ1) is 22.0. The Morgan fingerprint density at radius 3 is 2.67 bits per heavy atom. The van der Waals surface area contributed by atoms with E-state index in [1.54, 1.807) is 30.5 Å². The summed E-state index contributed by atoms with van der Waals surface area (Å²) >= 11 is 6.03. The number of benzene rings is 2. The molecule has 0 atom stereocenters. The van der Waals surface area contributed by atoms with Gasteiger partial charge in [0.15, 0.2) is 0 Å². The molecule has 0 aliphatic heterocycles. The van der Waals surface area contributed by atoms with Crippen LogP contribution in [0.3, 0.4) is 0 Å². The normalized spacial score (nSPS) is 10.6. The van der Waals surface area contributed by atoms with Gasteiger partial charge in [-0.1, -0.05) is 17.7 Å². The number of carbonyl (C=O) groups excluding carboxylic acids is 1. The van der Waals surface area contributed by atoms with E-state index in [0.29, 0.717) is 28.7 Å². The van der Waals surface area contributed by atoms with Gasteiger partial charge in [-0.2, -0.15) is 0 Å². The Hall–Kier alpha value is -4.24. The molecule has 4 rings (SSSR count). The van der Waals surface area contributed by atoms with Gasteiger partial charge in [-0.25, -0.2) is 14.6 Å². The van der Waals surface area contributed by atoms with E-state index >= 15 is 0 Å². The molecule has 4 aromatic rings. The molecule has 0 saturated carbocycles. The van der Waals surface area contributed by atoms with Crippen LogP contribution in [0.1, 0.15) is 5.56 Å². The number of fused-ring (bicyclic) bond motifs is 1. The molecule has 0 radical (unpaired) electrons. The predicted molar refractivity (Wildman–Crippen MR) is 128 cm³/mol. The van der Waals surface area contributed by atoms with Gasteiger partial charge in [0.25, 0.3) is 0 Å². The topological polar surface area (TPSA) is 118 Å². The second-order valence-corrected chi connectivity index (χ2v) is 7.52. The van der Waals surface area contributed by atoms with E-state index in [2.05, 4.69) is 20.9 Å². The first-order valence-electron chi connectivity index (χ1n) is 9.87. The van der Waals surface area contributed by atoms with Crippen molar-refractivity contribution >= 4 is 51.8 Å². The predicted octanol–water partition coefficient (Wildman–Crippen LogP) is 5.48. The Morgan fingerprint density at radius 1 is 1.06 bits per heavy atom. The van der Waals surface area contributed by atoms with Gasteiger partial charge < -0.3 is 25.0 Å². The molecule has 2 aromatic carbocycles. The van der Waals surface area contributed by atoms with Crippen LogP contribution in [0.15, 0.2) is 67.0 Å². The summed E-state index contributed by atoms with van der Waals surface area (Å²) in [6.45, 7) is 0.496. The largest absolute Gasteiger partial charge is 0.495 e. The van der Waals surface area contributed by atoms with Gasteiger partial charge in [0.2, 0.25) is 0 Å². The molecule has 0 saturated heterocycles. The van der Waals surface area contributed by atoms with Crippen molar-refractivity contribution in [3.05, 3.63) is 77.6 Å². The number of carboxylic acid groups (broad SMARTS) is 1. The van der Waals surface area contributed by atoms with Gasteiger partial charge in [0.05, 0.1) is 24.0 Å². The number of nitrogens with one attached hydrogen (secondary N) is 3. The molecular weight excluding hydrogens is 446 g/mol. The summed E-state index contributed by atoms with van der Waals surface area (Å²) in [5.74, 6) is 0.750. The summed E-state index contributed by atoms with van der Waals surface area (Å²) in [5, 5.41) is 18.1. The van der Waals surface area contributed by atoms with Gasteiger partial charge in [-0.3, -0.25) is 5.32 Å². The molecule has 10 heteroatoms. The van der Waals surface area contributed by atoms with Crippen LogP contribution in [-0.4, -0.2) is 33.9 Å². The monoisotopic (exact) mass is 465 g/mol. The van der Waals surface area contributed by atoms with Crippen molar-refractivity contribution in [1.29, 1.82) is 0 Å². The maximum atomic E-state index is 12.6. The third-order valence-corrected chi connectivity index (χ3v) is 5.12. The molecule has 168 valence electrons. The second kappa shape index (κ2) is 9.49. The highest BCUT2D eigenvalue weighted by atomic mass is 35.5. The van der Waals surface area contributed by atoms with Crippen molar-refractivity contribution in [3.63, 3.8) is 0 Å². The summed E-state index contributed by atoms with van der Waals surface area (Å²) < 4.78 is 7.26. The lowest BCUT2D eigenvalue weighted by molar-refractivity contribution is 0.209. The fraction of sp³-hybridized carbons (Fsp3) is 0.0870. The van der Waals surface area contributed by atoms with Crippen LogP contribution in [0.5, 0.6) is 5.75 Å². The molecule has 0 aliphatic rings. The Kier molecular flexibility index (Phi) is 6.32. The highest BCUT2D eigenvalue weighted by Gasteiger charge is 2.12. The number of amides is 3. The number of nitrogens with zero attached hydrogens (tertiary/aromatic N) is 2. The molecule has 0 spiro atoms. The van der Waals surface area contributed by atoms with Crippen LogP contribution in [0.4, 0.5) is 26.8 Å². The molecule has 0 unspecified atom stereocenters. The standard InChI is InChI=1S/C23H20ClN5O4/c1-33-20-6-5-15(24)12-18(20)27-22(30)26-17-3-2-4-19-16(17)8-10-29(19)13-14-7-9-25-21(11-14)28-23(31)32/h2-12H,13H2,1H3,(H,25,28)(H,31,32)(H2,26,27,30). The van der Waals surface area contributed by atoms with E-state index in [0.717, 1.165) is 16.5 Å². The van der Waals surface area contributed by atoms with Crippen LogP contribution in [0.25, 0.3) is 10.9 Å². The van der Waals surface area contributed by atoms with Gasteiger partial charge in [-0.05, 0) is 54.1 Å². The van der Waals surface area contributed by atoms with E-state index in [1.807, 2.05) is 41.1 Å². The van der Waals surface area contributed by atoms with E-state index in [-0.39, 0.29) is 5.82 Å². The molecule has 33 heavy (non-hydrogen) atoms. The van der Waals surface area contributed by atoms with Crippen molar-refractivity contribution in [2.24, 2.45) is 0 Å². The van der Waals surface area contributed by atoms with Gasteiger partial charge in [0.1, 0.15) is 11.6 Å². The van der Waals surface area contributed by atoms with Crippen LogP contribution in [0, 0.1) is 0 Å². The fourth-order valence-corrected chi connectivity index (χ4v) is 3.64. The highest BCUT2D eigenvalue weighted by Crippen LogP contribution is 2.29. The minimum atomic E-state index is -1.17. The molecule has 4 N–H and O–H groups in total. The Labute approximate surface area is 194 Å². The van der Waals surface area contributed by atoms with Crippen LogP contribution < -0.4 is 20.7 Å². The molecule has 0 bridgehead atoms. The maximum absolute atomic E-state index is 12.6. The summed E-state index contributed by atoms with van der Waals surface area (Å²) in [7, 11) is 1.51. The number of carbonyl (C=O) groups is 2. The summed E-state index contributed by atoms with van der Waals surface area (Å²) in [4.78, 5) is 27.5. The number of aromatic nitrogens is 2. The van der Waals surface area contributed by atoms with Gasteiger partial charge >= 0.3 is 12.1 Å². The molecule has 9 nitrogen and oxygen atoms in total. The SMILES string of the molecule is COc1ccc(Cl)cc1NC(=O)Nc1cccc2c1ccn2Cc1ccnc(NC(=O)O)c1. The third kappa shape index (κ3) is 5.16. The zero-order valence-corrected chi connectivity index (χ0v) is 18.3. The number of pyridine rings is 1. The first-order valence-corrected chi connectivity index (χ1v) is 10.2. The molecular formula is C23H20ClN5O4. The Morgan fingerprint density at radius 2 is 1.88 bits per heavy atom. The number of methoxy groups -OCH3 is 1. The first-order chi connectivity index (χ1) is 15.9. The van der Waals surface area contributed by atoms with Crippen molar-refractivity contribution in [2.75, 3.05) is 23.1 Å². The molecule has 2 aromatic heterocycles. The maximum Gasteiger partial charge on any atom is 0.410 e. The van der Waals surface area contributed by atoms with Crippen molar-refractivity contribution in [3.8, 4) is 5.75 Å². The minimum Gasteiger partial charge on any atom is -0.495 e. The number of hydrogen-bond donors (Lipinski definition) is 4. The number of anilines is 3. The molecule has 3 amide bonds. The second-order valence-electron chi connectivity index (χ2n) is 7.09. The van der Waals surface area contributed by atoms with E-state index < -0.39 is 12.1 Å². The quantitative estimate of drug-likeness (QED) is 0.301. The number of rotatable bonds is 6. The van der Waals surface area contributed by atoms with E-state index in [9.17, 15) is 9.59 Å².